The molecule has 2 atom stereocenters. The van der Waals surface area contributed by atoms with Crippen LogP contribution in [0.15, 0.2) is 30.3 Å². The minimum Gasteiger partial charge on any atom is -0.390 e. The van der Waals surface area contributed by atoms with Crippen LogP contribution < -0.4 is 0 Å². The highest BCUT2D eigenvalue weighted by atomic mass is 32.1. The molecule has 128 valence electrons. The van der Waals surface area contributed by atoms with Crippen LogP contribution in [0.3, 0.4) is 0 Å². The number of likely N-dealkylation sites (tertiary alicyclic amines) is 1. The molecule has 0 saturated carbocycles. The molecule has 2 aliphatic rings. The predicted molar refractivity (Wildman–Crippen MR) is 92.3 cm³/mol. The second-order valence-electron chi connectivity index (χ2n) is 6.65. The molecule has 1 amide bonds. The first-order valence-electron chi connectivity index (χ1n) is 8.37. The average Bonchev–Trinajstić information content (AvgIpc) is 3.04. The number of carbonyl (C=O) groups is 1. The Bertz CT molecular complexity index is 717. The largest absolute Gasteiger partial charge is 0.390 e. The highest BCUT2D eigenvalue weighted by Gasteiger charge is 2.48. The molecule has 0 aliphatic carbocycles. The van der Waals surface area contributed by atoms with Crippen molar-refractivity contribution in [2.24, 2.45) is 0 Å². The number of ether oxygens (including phenoxy) is 1. The Morgan fingerprint density at radius 2 is 2.00 bits per heavy atom. The summed E-state index contributed by atoms with van der Waals surface area (Å²) in [6.07, 6.45) is -0.0201. The monoisotopic (exact) mass is 347 g/mol. The molecule has 1 spiro atoms. The smallest absolute Gasteiger partial charge is 0.263 e. The van der Waals surface area contributed by atoms with Gasteiger partial charge in [-0.05, 0) is 36.8 Å². The molecule has 6 heteroatoms. The van der Waals surface area contributed by atoms with E-state index in [-0.39, 0.29) is 5.91 Å². The standard InChI is InChI=1S/C18H21NO4S/c20-13-5-10-23-18(16(13)21)6-8-19(9-7-18)17(22)15-11-12-3-1-2-4-14(12)24-15/h1-4,11,13,16,20-21H,5-10H2/t13-,16-/m0/s1. The van der Waals surface area contributed by atoms with E-state index in [9.17, 15) is 15.0 Å². The fourth-order valence-corrected chi connectivity index (χ4v) is 4.78. The number of fused-ring (bicyclic) bond motifs is 1. The first-order chi connectivity index (χ1) is 11.6. The maximum Gasteiger partial charge on any atom is 0.263 e. The lowest BCUT2D eigenvalue weighted by Gasteiger charge is -2.48. The summed E-state index contributed by atoms with van der Waals surface area (Å²) in [5.74, 6) is 0.0388. The lowest BCUT2D eigenvalue weighted by atomic mass is 9.80. The second-order valence-corrected chi connectivity index (χ2v) is 7.74. The third kappa shape index (κ3) is 2.63. The zero-order chi connectivity index (χ0) is 16.7. The van der Waals surface area contributed by atoms with E-state index >= 15 is 0 Å². The number of rotatable bonds is 1. The van der Waals surface area contributed by atoms with E-state index < -0.39 is 17.8 Å². The van der Waals surface area contributed by atoms with E-state index in [1.54, 1.807) is 0 Å². The van der Waals surface area contributed by atoms with E-state index in [0.717, 1.165) is 15.0 Å². The summed E-state index contributed by atoms with van der Waals surface area (Å²) in [7, 11) is 0. The number of aliphatic hydroxyl groups excluding tert-OH is 2. The fourth-order valence-electron chi connectivity index (χ4n) is 3.75. The van der Waals surface area contributed by atoms with Crippen LogP contribution in [0.1, 0.15) is 28.9 Å². The van der Waals surface area contributed by atoms with Gasteiger partial charge in [-0.2, -0.15) is 0 Å². The Labute approximate surface area is 144 Å². The van der Waals surface area contributed by atoms with Crippen LogP contribution in [0.4, 0.5) is 0 Å². The van der Waals surface area contributed by atoms with Crippen molar-refractivity contribution in [3.8, 4) is 0 Å². The second kappa shape index (κ2) is 6.11. The summed E-state index contributed by atoms with van der Waals surface area (Å²) in [6.45, 7) is 1.54. The molecule has 2 N–H and O–H groups in total. The van der Waals surface area contributed by atoms with E-state index in [1.165, 1.54) is 11.3 Å². The van der Waals surface area contributed by atoms with Crippen LogP contribution >= 0.6 is 11.3 Å². The molecule has 0 unspecified atom stereocenters. The Balaban J connectivity index is 1.48. The van der Waals surface area contributed by atoms with Gasteiger partial charge in [-0.3, -0.25) is 4.79 Å². The number of amides is 1. The summed E-state index contributed by atoms with van der Waals surface area (Å²) in [4.78, 5) is 15.3. The molecule has 2 fully saturated rings. The predicted octanol–water partition coefficient (Wildman–Crippen LogP) is 2.02. The van der Waals surface area contributed by atoms with Crippen LogP contribution in [0.2, 0.25) is 0 Å². The number of aliphatic hydroxyl groups is 2. The van der Waals surface area contributed by atoms with E-state index in [4.69, 9.17) is 4.74 Å². The van der Waals surface area contributed by atoms with Crippen LogP contribution in [-0.2, 0) is 4.74 Å². The van der Waals surface area contributed by atoms with Crippen molar-refractivity contribution in [2.75, 3.05) is 19.7 Å². The number of piperidine rings is 1. The first-order valence-corrected chi connectivity index (χ1v) is 9.19. The highest BCUT2D eigenvalue weighted by molar-refractivity contribution is 7.20. The third-order valence-corrected chi connectivity index (χ3v) is 6.34. The van der Waals surface area contributed by atoms with Crippen LogP contribution in [0.25, 0.3) is 10.1 Å². The molecular formula is C18H21NO4S. The molecule has 1 aromatic carbocycles. The average molecular weight is 347 g/mol. The summed E-state index contributed by atoms with van der Waals surface area (Å²) in [5.41, 5.74) is -0.700. The van der Waals surface area contributed by atoms with Gasteiger partial charge >= 0.3 is 0 Å². The lowest BCUT2D eigenvalue weighted by molar-refractivity contribution is -0.212. The molecule has 2 aliphatic heterocycles. The zero-order valence-corrected chi connectivity index (χ0v) is 14.2. The molecule has 2 saturated heterocycles. The van der Waals surface area contributed by atoms with Crippen molar-refractivity contribution in [3.63, 3.8) is 0 Å². The van der Waals surface area contributed by atoms with Gasteiger partial charge in [-0.1, -0.05) is 18.2 Å². The Morgan fingerprint density at radius 3 is 2.75 bits per heavy atom. The fraction of sp³-hybridized carbons (Fsp3) is 0.500. The van der Waals surface area contributed by atoms with Gasteiger partial charge in [0.1, 0.15) is 6.10 Å². The molecular weight excluding hydrogens is 326 g/mol. The third-order valence-electron chi connectivity index (χ3n) is 5.24. The Hall–Kier alpha value is -1.47. The normalized spacial score (nSPS) is 26.8. The first kappa shape index (κ1) is 16.0. The minimum absolute atomic E-state index is 0.0388. The maximum atomic E-state index is 12.8. The van der Waals surface area contributed by atoms with Crippen molar-refractivity contribution in [1.82, 2.24) is 4.90 Å². The van der Waals surface area contributed by atoms with Crippen molar-refractivity contribution >= 4 is 27.3 Å². The zero-order valence-electron chi connectivity index (χ0n) is 13.4. The van der Waals surface area contributed by atoms with Gasteiger partial charge in [0.25, 0.3) is 5.91 Å². The summed E-state index contributed by atoms with van der Waals surface area (Å²) >= 11 is 1.52. The van der Waals surface area contributed by atoms with Gasteiger partial charge in [0.2, 0.25) is 0 Å². The summed E-state index contributed by atoms with van der Waals surface area (Å²) < 4.78 is 6.94. The number of benzene rings is 1. The van der Waals surface area contributed by atoms with Crippen molar-refractivity contribution < 1.29 is 19.7 Å². The van der Waals surface area contributed by atoms with Gasteiger partial charge in [0, 0.05) is 17.8 Å². The number of carbonyl (C=O) groups excluding carboxylic acids is 1. The van der Waals surface area contributed by atoms with Gasteiger partial charge in [0.15, 0.2) is 0 Å². The molecule has 5 nitrogen and oxygen atoms in total. The van der Waals surface area contributed by atoms with E-state index in [1.807, 2.05) is 35.2 Å². The van der Waals surface area contributed by atoms with Gasteiger partial charge in [-0.25, -0.2) is 0 Å². The molecule has 2 aromatic rings. The lowest BCUT2D eigenvalue weighted by Crippen LogP contribution is -2.60. The van der Waals surface area contributed by atoms with Crippen molar-refractivity contribution in [1.29, 1.82) is 0 Å². The Morgan fingerprint density at radius 1 is 1.25 bits per heavy atom. The molecule has 24 heavy (non-hydrogen) atoms. The summed E-state index contributed by atoms with van der Waals surface area (Å²) in [5, 5.41) is 21.3. The minimum atomic E-state index is -0.868. The van der Waals surface area contributed by atoms with Crippen LogP contribution in [-0.4, -0.2) is 58.5 Å². The number of hydrogen-bond acceptors (Lipinski definition) is 5. The summed E-state index contributed by atoms with van der Waals surface area (Å²) in [6, 6.07) is 9.94. The molecule has 4 rings (SSSR count). The van der Waals surface area contributed by atoms with Crippen molar-refractivity contribution in [2.45, 2.75) is 37.1 Å². The van der Waals surface area contributed by atoms with Crippen molar-refractivity contribution in [3.05, 3.63) is 35.2 Å². The Kier molecular flexibility index (Phi) is 4.08. The molecule has 0 radical (unpaired) electrons. The maximum absolute atomic E-state index is 12.8. The number of nitrogens with zero attached hydrogens (tertiary/aromatic N) is 1. The molecule has 3 heterocycles. The molecule has 0 bridgehead atoms. The van der Waals surface area contributed by atoms with Gasteiger partial charge in [0.05, 0.1) is 23.2 Å². The van der Waals surface area contributed by atoms with Gasteiger partial charge in [-0.15, -0.1) is 11.3 Å². The van der Waals surface area contributed by atoms with Crippen LogP contribution in [0, 0.1) is 0 Å². The highest BCUT2D eigenvalue weighted by Crippen LogP contribution is 2.36. The SMILES string of the molecule is O=C(c1cc2ccccc2s1)N1CCC2(CC1)OCC[C@H](O)[C@@H]2O. The van der Waals surface area contributed by atoms with Crippen LogP contribution in [0.5, 0.6) is 0 Å². The molecule has 1 aromatic heterocycles. The number of thiophene rings is 1. The van der Waals surface area contributed by atoms with Gasteiger partial charge < -0.3 is 19.8 Å². The number of hydrogen-bond donors (Lipinski definition) is 2. The topological polar surface area (TPSA) is 70.0 Å². The van der Waals surface area contributed by atoms with E-state index in [0.29, 0.717) is 39.0 Å². The van der Waals surface area contributed by atoms with E-state index in [2.05, 4.69) is 0 Å². The quantitative estimate of drug-likeness (QED) is 0.828.